The van der Waals surface area contributed by atoms with Crippen LogP contribution in [0.2, 0.25) is 0 Å². The fraction of sp³-hybridized carbons (Fsp3) is 0.348. The summed E-state index contributed by atoms with van der Waals surface area (Å²) in [6, 6.07) is 16.3. The molecular weight excluding hydrogens is 491 g/mol. The number of aliphatic imine (C=N–C) groups is 1. The van der Waals surface area contributed by atoms with Gasteiger partial charge in [0.25, 0.3) is 0 Å². The van der Waals surface area contributed by atoms with Crippen LogP contribution in [0.15, 0.2) is 59.7 Å². The molecule has 0 saturated carbocycles. The molecule has 6 nitrogen and oxygen atoms in total. The molecule has 0 spiro atoms. The van der Waals surface area contributed by atoms with E-state index < -0.39 is 0 Å². The standard InChI is InChI=1S/C23H30N4O2.HI/c1-3-24-23(25-13-12-18-16-27-21-10-6-5-9-20(18)21)26-14-15-29-17-19-8-4-7-11-22(19)28-2;/h4-11,16,27H,3,12-15,17H2,1-2H3,(H2,24,25,26);1H. The van der Waals surface area contributed by atoms with Gasteiger partial charge in [-0.3, -0.25) is 4.99 Å². The normalized spacial score (nSPS) is 11.2. The fourth-order valence-corrected chi connectivity index (χ4v) is 3.22. The van der Waals surface area contributed by atoms with E-state index in [-0.39, 0.29) is 24.0 Å². The Bertz CT molecular complexity index is 926. The number of fused-ring (bicyclic) bond motifs is 1. The first-order chi connectivity index (χ1) is 14.3. The molecule has 0 aliphatic rings. The van der Waals surface area contributed by atoms with Gasteiger partial charge in [0.15, 0.2) is 5.96 Å². The molecule has 0 unspecified atom stereocenters. The predicted molar refractivity (Wildman–Crippen MR) is 134 cm³/mol. The molecule has 1 heterocycles. The predicted octanol–water partition coefficient (Wildman–Crippen LogP) is 4.11. The molecule has 30 heavy (non-hydrogen) atoms. The van der Waals surface area contributed by atoms with Crippen molar-refractivity contribution in [3.8, 4) is 5.75 Å². The lowest BCUT2D eigenvalue weighted by molar-refractivity contribution is 0.126. The lowest BCUT2D eigenvalue weighted by Gasteiger charge is -2.11. The van der Waals surface area contributed by atoms with Crippen molar-refractivity contribution in [2.45, 2.75) is 20.0 Å². The number of benzene rings is 2. The second-order valence-electron chi connectivity index (χ2n) is 6.66. The van der Waals surface area contributed by atoms with Crippen LogP contribution in [-0.2, 0) is 17.8 Å². The average molecular weight is 522 g/mol. The first-order valence-corrected chi connectivity index (χ1v) is 10.1. The van der Waals surface area contributed by atoms with Crippen molar-refractivity contribution in [1.29, 1.82) is 0 Å². The minimum Gasteiger partial charge on any atom is -0.496 e. The molecule has 0 aliphatic heterocycles. The third-order valence-electron chi connectivity index (χ3n) is 4.66. The number of methoxy groups -OCH3 is 1. The minimum absolute atomic E-state index is 0. The van der Waals surface area contributed by atoms with Crippen molar-refractivity contribution in [3.05, 3.63) is 65.9 Å². The Labute approximate surface area is 195 Å². The summed E-state index contributed by atoms with van der Waals surface area (Å²) < 4.78 is 11.1. The number of rotatable bonds is 10. The summed E-state index contributed by atoms with van der Waals surface area (Å²) in [6.45, 7) is 5.37. The number of nitrogens with one attached hydrogen (secondary N) is 3. The number of H-pyrrole nitrogens is 1. The maximum Gasteiger partial charge on any atom is 0.191 e. The van der Waals surface area contributed by atoms with Gasteiger partial charge in [0.1, 0.15) is 5.75 Å². The Kier molecular flexibility index (Phi) is 10.5. The van der Waals surface area contributed by atoms with E-state index in [1.807, 2.05) is 30.3 Å². The maximum absolute atomic E-state index is 5.76. The molecule has 2 aromatic carbocycles. The zero-order valence-electron chi connectivity index (χ0n) is 17.6. The van der Waals surface area contributed by atoms with Crippen LogP contribution in [0.4, 0.5) is 0 Å². The Morgan fingerprint density at radius 3 is 2.67 bits per heavy atom. The van der Waals surface area contributed by atoms with E-state index in [2.05, 4.69) is 51.9 Å². The van der Waals surface area contributed by atoms with E-state index in [0.717, 1.165) is 36.8 Å². The summed E-state index contributed by atoms with van der Waals surface area (Å²) >= 11 is 0. The van der Waals surface area contributed by atoms with E-state index in [1.165, 1.54) is 16.5 Å². The van der Waals surface area contributed by atoms with Crippen molar-refractivity contribution in [2.24, 2.45) is 4.99 Å². The smallest absolute Gasteiger partial charge is 0.191 e. The number of ether oxygens (including phenoxy) is 2. The highest BCUT2D eigenvalue weighted by atomic mass is 127. The molecule has 0 fully saturated rings. The number of hydrogen-bond donors (Lipinski definition) is 3. The van der Waals surface area contributed by atoms with Crippen LogP contribution in [0.3, 0.4) is 0 Å². The summed E-state index contributed by atoms with van der Waals surface area (Å²) in [5, 5.41) is 7.96. The molecule has 0 bridgehead atoms. The van der Waals surface area contributed by atoms with Gasteiger partial charge < -0.3 is 25.1 Å². The topological polar surface area (TPSA) is 70.7 Å². The maximum atomic E-state index is 5.76. The summed E-state index contributed by atoms with van der Waals surface area (Å²) in [4.78, 5) is 7.92. The van der Waals surface area contributed by atoms with Crippen LogP contribution in [0.1, 0.15) is 18.1 Å². The van der Waals surface area contributed by atoms with Crippen LogP contribution < -0.4 is 15.4 Å². The van der Waals surface area contributed by atoms with Gasteiger partial charge in [0, 0.05) is 35.8 Å². The summed E-state index contributed by atoms with van der Waals surface area (Å²) in [6.07, 6.45) is 3.01. The molecule has 0 amide bonds. The van der Waals surface area contributed by atoms with Crippen molar-refractivity contribution in [3.63, 3.8) is 0 Å². The summed E-state index contributed by atoms with van der Waals surface area (Å²) in [5.74, 6) is 1.66. The van der Waals surface area contributed by atoms with Gasteiger partial charge in [0.05, 0.1) is 26.9 Å². The van der Waals surface area contributed by atoms with Crippen molar-refractivity contribution in [1.82, 2.24) is 15.6 Å². The van der Waals surface area contributed by atoms with E-state index in [9.17, 15) is 0 Å². The van der Waals surface area contributed by atoms with Crippen molar-refractivity contribution in [2.75, 3.05) is 33.4 Å². The van der Waals surface area contributed by atoms with Gasteiger partial charge in [-0.1, -0.05) is 36.4 Å². The first-order valence-electron chi connectivity index (χ1n) is 10.1. The molecule has 0 saturated heterocycles. The molecule has 3 N–H and O–H groups in total. The quantitative estimate of drug-likeness (QED) is 0.162. The minimum atomic E-state index is 0. The van der Waals surface area contributed by atoms with E-state index in [4.69, 9.17) is 9.47 Å². The highest BCUT2D eigenvalue weighted by Crippen LogP contribution is 2.18. The van der Waals surface area contributed by atoms with Crippen LogP contribution in [0.5, 0.6) is 5.75 Å². The second kappa shape index (κ2) is 13.1. The molecule has 0 atom stereocenters. The molecule has 0 radical (unpaired) electrons. The Morgan fingerprint density at radius 1 is 1.03 bits per heavy atom. The van der Waals surface area contributed by atoms with Gasteiger partial charge in [-0.2, -0.15) is 0 Å². The van der Waals surface area contributed by atoms with Crippen LogP contribution in [0.25, 0.3) is 10.9 Å². The Morgan fingerprint density at radius 2 is 1.83 bits per heavy atom. The second-order valence-corrected chi connectivity index (χ2v) is 6.66. The third kappa shape index (κ3) is 6.91. The largest absolute Gasteiger partial charge is 0.496 e. The number of para-hydroxylation sites is 2. The highest BCUT2D eigenvalue weighted by molar-refractivity contribution is 14.0. The van der Waals surface area contributed by atoms with Gasteiger partial charge >= 0.3 is 0 Å². The molecule has 162 valence electrons. The molecule has 3 rings (SSSR count). The molecule has 7 heteroatoms. The van der Waals surface area contributed by atoms with Gasteiger partial charge in [-0.25, -0.2) is 0 Å². The van der Waals surface area contributed by atoms with Crippen molar-refractivity contribution >= 4 is 40.8 Å². The number of aromatic amines is 1. The van der Waals surface area contributed by atoms with Crippen LogP contribution >= 0.6 is 24.0 Å². The van der Waals surface area contributed by atoms with Gasteiger partial charge in [-0.05, 0) is 31.0 Å². The summed E-state index contributed by atoms with van der Waals surface area (Å²) in [7, 11) is 1.67. The Hall–Kier alpha value is -2.26. The zero-order chi connectivity index (χ0) is 20.3. The average Bonchev–Trinajstić information content (AvgIpc) is 3.17. The molecule has 0 aliphatic carbocycles. The molecule has 3 aromatic rings. The first kappa shape index (κ1) is 24.0. The van der Waals surface area contributed by atoms with Gasteiger partial charge in [-0.15, -0.1) is 24.0 Å². The van der Waals surface area contributed by atoms with Crippen molar-refractivity contribution < 1.29 is 9.47 Å². The zero-order valence-corrected chi connectivity index (χ0v) is 19.9. The Balaban J connectivity index is 0.00000320. The molecular formula is C23H31IN4O2. The highest BCUT2D eigenvalue weighted by Gasteiger charge is 2.04. The van der Waals surface area contributed by atoms with Gasteiger partial charge in [0.2, 0.25) is 0 Å². The van der Waals surface area contributed by atoms with E-state index in [0.29, 0.717) is 19.8 Å². The lowest BCUT2D eigenvalue weighted by atomic mass is 10.1. The number of nitrogens with zero attached hydrogens (tertiary/aromatic N) is 1. The van der Waals surface area contributed by atoms with E-state index in [1.54, 1.807) is 7.11 Å². The number of halogens is 1. The SMILES string of the molecule is CCNC(=NCCOCc1ccccc1OC)NCCc1c[nH]c2ccccc12.I. The monoisotopic (exact) mass is 522 g/mol. The van der Waals surface area contributed by atoms with E-state index >= 15 is 0 Å². The van der Waals surface area contributed by atoms with Crippen LogP contribution in [-0.4, -0.2) is 44.3 Å². The van der Waals surface area contributed by atoms with Crippen LogP contribution in [0, 0.1) is 0 Å². The molecule has 1 aromatic heterocycles. The fourth-order valence-electron chi connectivity index (χ4n) is 3.22. The number of hydrogen-bond acceptors (Lipinski definition) is 3. The summed E-state index contributed by atoms with van der Waals surface area (Å²) in [5.41, 5.74) is 3.53. The number of guanidine groups is 1. The number of aromatic nitrogens is 1. The lowest BCUT2D eigenvalue weighted by Crippen LogP contribution is -2.38. The third-order valence-corrected chi connectivity index (χ3v) is 4.66.